The van der Waals surface area contributed by atoms with Crippen molar-refractivity contribution in [3.05, 3.63) is 14.4 Å². The van der Waals surface area contributed by atoms with Crippen LogP contribution in [-0.4, -0.2) is 23.1 Å². The van der Waals surface area contributed by atoms with Crippen LogP contribution in [0.5, 0.6) is 0 Å². The van der Waals surface area contributed by atoms with Crippen LogP contribution >= 0.6 is 12.4 Å². The standard InChI is InChI=1S/C5H11.CH3.ClH.Mg/c1-3-5-4-2;;;/h1,3-5H2,2H3;1H3;1H;/q2*-1;;+2. The van der Waals surface area contributed by atoms with E-state index in [0.29, 0.717) is 0 Å². The van der Waals surface area contributed by atoms with E-state index in [1.807, 2.05) is 0 Å². The van der Waals surface area contributed by atoms with Gasteiger partial charge in [0.05, 0.1) is 0 Å². The zero-order valence-corrected chi connectivity index (χ0v) is 8.17. The van der Waals surface area contributed by atoms with E-state index in [1.54, 1.807) is 0 Å². The molecule has 0 bridgehead atoms. The smallest absolute Gasteiger partial charge is 0.358 e. The molecule has 0 aromatic heterocycles. The summed E-state index contributed by atoms with van der Waals surface area (Å²) >= 11 is 0. The average molecular weight is 147 g/mol. The van der Waals surface area contributed by atoms with E-state index in [9.17, 15) is 0 Å². The Morgan fingerprint density at radius 2 is 1.75 bits per heavy atom. The van der Waals surface area contributed by atoms with Gasteiger partial charge < -0.3 is 14.4 Å². The third kappa shape index (κ3) is 27.7. The van der Waals surface area contributed by atoms with Crippen molar-refractivity contribution in [2.24, 2.45) is 0 Å². The van der Waals surface area contributed by atoms with E-state index in [4.69, 9.17) is 0 Å². The molecule has 2 heteroatoms. The Labute approximate surface area is 76.0 Å². The number of unbranched alkanes of at least 4 members (excludes halogenated alkanes) is 2. The van der Waals surface area contributed by atoms with Crippen molar-refractivity contribution in [2.75, 3.05) is 0 Å². The van der Waals surface area contributed by atoms with Gasteiger partial charge in [-0.25, -0.2) is 0 Å². The van der Waals surface area contributed by atoms with Crippen LogP contribution in [0.15, 0.2) is 0 Å². The van der Waals surface area contributed by atoms with Gasteiger partial charge in [-0.2, -0.15) is 6.42 Å². The second-order valence-electron chi connectivity index (χ2n) is 1.21. The van der Waals surface area contributed by atoms with E-state index in [1.165, 1.54) is 12.8 Å². The summed E-state index contributed by atoms with van der Waals surface area (Å²) in [5.41, 5.74) is 0. The maximum absolute atomic E-state index is 3.68. The van der Waals surface area contributed by atoms with Crippen LogP contribution in [0.2, 0.25) is 0 Å². The van der Waals surface area contributed by atoms with Crippen LogP contribution < -0.4 is 0 Å². The van der Waals surface area contributed by atoms with E-state index in [2.05, 4.69) is 13.8 Å². The zero-order chi connectivity index (χ0) is 4.12. The molecule has 0 N–H and O–H groups in total. The summed E-state index contributed by atoms with van der Waals surface area (Å²) in [7, 11) is 0. The largest absolute Gasteiger partial charge is 2.00 e. The fourth-order valence-corrected chi connectivity index (χ4v) is 0.250. The van der Waals surface area contributed by atoms with Crippen LogP contribution in [0.1, 0.15) is 26.2 Å². The van der Waals surface area contributed by atoms with Gasteiger partial charge in [0.15, 0.2) is 0 Å². The van der Waals surface area contributed by atoms with Crippen molar-refractivity contribution in [1.82, 2.24) is 0 Å². The second-order valence-corrected chi connectivity index (χ2v) is 1.21. The van der Waals surface area contributed by atoms with E-state index < -0.39 is 0 Å². The minimum Gasteiger partial charge on any atom is -0.358 e. The van der Waals surface area contributed by atoms with Crippen LogP contribution in [0.25, 0.3) is 0 Å². The van der Waals surface area contributed by atoms with Crippen molar-refractivity contribution in [1.29, 1.82) is 0 Å². The molecular weight excluding hydrogens is 132 g/mol. The Hall–Kier alpha value is 1.06. The maximum Gasteiger partial charge on any atom is 2.00 e. The first-order valence-electron chi connectivity index (χ1n) is 2.21. The van der Waals surface area contributed by atoms with Gasteiger partial charge in [-0.1, -0.05) is 19.8 Å². The molecule has 0 radical (unpaired) electrons. The number of hydrogen-bond donors (Lipinski definition) is 0. The van der Waals surface area contributed by atoms with Crippen LogP contribution in [-0.2, 0) is 0 Å². The summed E-state index contributed by atoms with van der Waals surface area (Å²) < 4.78 is 0. The van der Waals surface area contributed by atoms with Crippen LogP contribution in [0, 0.1) is 14.4 Å². The van der Waals surface area contributed by atoms with Crippen molar-refractivity contribution >= 4 is 35.5 Å². The molecule has 0 aliphatic heterocycles. The van der Waals surface area contributed by atoms with Gasteiger partial charge >= 0.3 is 23.1 Å². The minimum absolute atomic E-state index is 0. The molecule has 0 aromatic carbocycles. The maximum atomic E-state index is 3.68. The summed E-state index contributed by atoms with van der Waals surface area (Å²) in [6.07, 6.45) is 3.65. The molecular formula is C6H15ClMg. The van der Waals surface area contributed by atoms with Gasteiger partial charge in [0.25, 0.3) is 0 Å². The van der Waals surface area contributed by atoms with Gasteiger partial charge in [-0.3, -0.25) is 0 Å². The summed E-state index contributed by atoms with van der Waals surface area (Å²) in [5, 5.41) is 0. The summed E-state index contributed by atoms with van der Waals surface area (Å²) in [6, 6.07) is 0. The summed E-state index contributed by atoms with van der Waals surface area (Å²) in [6.45, 7) is 5.85. The van der Waals surface area contributed by atoms with E-state index in [-0.39, 0.29) is 42.9 Å². The number of rotatable bonds is 2. The molecule has 0 unspecified atom stereocenters. The molecule has 0 aromatic rings. The second kappa shape index (κ2) is 24.4. The van der Waals surface area contributed by atoms with Gasteiger partial charge in [-0.05, 0) is 0 Å². The molecule has 0 heterocycles. The fourth-order valence-electron chi connectivity index (χ4n) is 0.250. The Kier molecular flexibility index (Phi) is 70.1. The predicted octanol–water partition coefficient (Wildman–Crippen LogP) is 2.50. The third-order valence-corrected chi connectivity index (χ3v) is 0.604. The third-order valence-electron chi connectivity index (χ3n) is 0.604. The molecule has 0 aliphatic carbocycles. The quantitative estimate of drug-likeness (QED) is 0.415. The minimum atomic E-state index is 0. The SMILES string of the molecule is Cl.[CH2-]CCCC.[CH3-].[Mg+2]. The van der Waals surface area contributed by atoms with Crippen molar-refractivity contribution in [2.45, 2.75) is 26.2 Å². The Morgan fingerprint density at radius 1 is 1.38 bits per heavy atom. The number of halogens is 1. The Balaban J connectivity index is -0.0000000267. The number of hydrogen-bond acceptors (Lipinski definition) is 0. The molecule has 0 saturated carbocycles. The Bertz CT molecular complexity index is 16.0. The predicted molar refractivity (Wildman–Crippen MR) is 44.3 cm³/mol. The van der Waals surface area contributed by atoms with Gasteiger partial charge in [0, 0.05) is 0 Å². The zero-order valence-electron chi connectivity index (χ0n) is 5.94. The topological polar surface area (TPSA) is 0 Å². The molecule has 0 atom stereocenters. The van der Waals surface area contributed by atoms with Crippen molar-refractivity contribution in [3.8, 4) is 0 Å². The average Bonchev–Trinajstić information content (AvgIpc) is 1.41. The molecule has 0 saturated heterocycles. The van der Waals surface area contributed by atoms with Gasteiger partial charge in [0.2, 0.25) is 0 Å². The summed E-state index contributed by atoms with van der Waals surface area (Å²) in [4.78, 5) is 0. The molecule has 0 rings (SSSR count). The molecule has 48 valence electrons. The van der Waals surface area contributed by atoms with Crippen LogP contribution in [0.3, 0.4) is 0 Å². The molecule has 0 spiro atoms. The first kappa shape index (κ1) is 23.0. The molecule has 0 amide bonds. The van der Waals surface area contributed by atoms with Gasteiger partial charge in [-0.15, -0.1) is 12.4 Å². The summed E-state index contributed by atoms with van der Waals surface area (Å²) in [5.74, 6) is 0. The molecule has 0 aliphatic rings. The fraction of sp³-hybridized carbons (Fsp3) is 0.667. The molecule has 8 heavy (non-hydrogen) atoms. The van der Waals surface area contributed by atoms with E-state index in [0.717, 1.165) is 6.42 Å². The van der Waals surface area contributed by atoms with Crippen molar-refractivity contribution < 1.29 is 0 Å². The monoisotopic (exact) mass is 146 g/mol. The first-order chi connectivity index (χ1) is 2.41. The first-order valence-corrected chi connectivity index (χ1v) is 2.21. The Morgan fingerprint density at radius 3 is 1.75 bits per heavy atom. The van der Waals surface area contributed by atoms with Crippen LogP contribution in [0.4, 0.5) is 0 Å². The van der Waals surface area contributed by atoms with Gasteiger partial charge in [0.1, 0.15) is 0 Å². The van der Waals surface area contributed by atoms with Crippen molar-refractivity contribution in [3.63, 3.8) is 0 Å². The molecule has 0 fully saturated rings. The molecule has 0 nitrogen and oxygen atoms in total. The van der Waals surface area contributed by atoms with E-state index >= 15 is 0 Å². The normalized spacial score (nSPS) is 5.25.